The molecular weight excluding hydrogens is 350 g/mol. The summed E-state index contributed by atoms with van der Waals surface area (Å²) in [7, 11) is 0. The quantitative estimate of drug-likeness (QED) is 0.610. The molecule has 28 heavy (non-hydrogen) atoms. The van der Waals surface area contributed by atoms with Gasteiger partial charge in [0.1, 0.15) is 24.7 Å². The number of hydrogen-bond acceptors (Lipinski definition) is 4. The van der Waals surface area contributed by atoms with E-state index >= 15 is 0 Å². The minimum atomic E-state index is 0.0324. The Morgan fingerprint density at radius 2 is 1.96 bits per heavy atom. The normalized spacial score (nSPS) is 14.5. The van der Waals surface area contributed by atoms with Crippen LogP contribution < -0.4 is 9.47 Å². The maximum Gasteiger partial charge on any atom is 0.196 e. The summed E-state index contributed by atoms with van der Waals surface area (Å²) in [4.78, 5) is 17.0. The second-order valence-corrected chi connectivity index (χ2v) is 6.96. The molecule has 0 saturated heterocycles. The summed E-state index contributed by atoms with van der Waals surface area (Å²) >= 11 is 0. The molecule has 0 unspecified atom stereocenters. The number of hydrogen-bond donors (Lipinski definition) is 0. The van der Waals surface area contributed by atoms with Crippen molar-refractivity contribution in [3.63, 3.8) is 0 Å². The molecule has 1 aromatic heterocycles. The zero-order chi connectivity index (χ0) is 19.5. The van der Waals surface area contributed by atoms with Crippen LogP contribution in [0.1, 0.15) is 32.6 Å². The zero-order valence-corrected chi connectivity index (χ0v) is 15.9. The molecule has 4 nitrogen and oxygen atoms in total. The van der Waals surface area contributed by atoms with Crippen molar-refractivity contribution in [3.05, 3.63) is 94.3 Å². The van der Waals surface area contributed by atoms with Crippen LogP contribution in [0.15, 0.2) is 66.5 Å². The molecule has 1 aliphatic rings. The number of fused-ring (bicyclic) bond motifs is 1. The van der Waals surface area contributed by atoms with Crippen LogP contribution in [0.2, 0.25) is 0 Å². The van der Waals surface area contributed by atoms with Crippen LogP contribution in [0, 0.1) is 13.8 Å². The summed E-state index contributed by atoms with van der Waals surface area (Å²) in [5.41, 5.74) is 5.31. The van der Waals surface area contributed by atoms with Crippen LogP contribution >= 0.6 is 0 Å². The van der Waals surface area contributed by atoms with Gasteiger partial charge in [0.2, 0.25) is 0 Å². The van der Waals surface area contributed by atoms with Crippen LogP contribution in [0.5, 0.6) is 11.5 Å². The highest BCUT2D eigenvalue weighted by Crippen LogP contribution is 2.32. The third kappa shape index (κ3) is 3.81. The summed E-state index contributed by atoms with van der Waals surface area (Å²) in [5.74, 6) is 1.51. The molecular formula is C24H21NO3. The van der Waals surface area contributed by atoms with E-state index in [-0.39, 0.29) is 12.4 Å². The first-order chi connectivity index (χ1) is 13.6. The molecule has 0 bridgehead atoms. The van der Waals surface area contributed by atoms with Gasteiger partial charge in [-0.25, -0.2) is 0 Å². The standard InChI is InChI=1S/C24H21NO3/c1-16-10-17(2)24-22(11-16)23(26)20(15-28-24)12-18-5-7-21(8-6-18)27-14-19-4-3-9-25-13-19/h3-13H,14-15H2,1-2H3/b20-12-. The molecule has 0 saturated carbocycles. The Kier molecular flexibility index (Phi) is 4.94. The molecule has 0 fully saturated rings. The van der Waals surface area contributed by atoms with E-state index in [0.29, 0.717) is 23.5 Å². The van der Waals surface area contributed by atoms with E-state index in [4.69, 9.17) is 9.47 Å². The van der Waals surface area contributed by atoms with E-state index < -0.39 is 0 Å². The molecule has 3 aromatic rings. The molecule has 4 rings (SSSR count). The van der Waals surface area contributed by atoms with E-state index in [1.807, 2.05) is 68.5 Å². The van der Waals surface area contributed by atoms with Crippen LogP contribution in [0.4, 0.5) is 0 Å². The fourth-order valence-corrected chi connectivity index (χ4v) is 3.32. The highest BCUT2D eigenvalue weighted by atomic mass is 16.5. The molecule has 0 N–H and O–H groups in total. The van der Waals surface area contributed by atoms with Crippen LogP contribution in [0.3, 0.4) is 0 Å². The predicted molar refractivity (Wildman–Crippen MR) is 109 cm³/mol. The number of ether oxygens (including phenoxy) is 2. The number of nitrogens with zero attached hydrogens (tertiary/aromatic N) is 1. The van der Waals surface area contributed by atoms with Crippen molar-refractivity contribution in [2.45, 2.75) is 20.5 Å². The number of aryl methyl sites for hydroxylation is 2. The topological polar surface area (TPSA) is 48.4 Å². The lowest BCUT2D eigenvalue weighted by molar-refractivity contribution is 0.100. The van der Waals surface area contributed by atoms with Crippen LogP contribution in [-0.4, -0.2) is 17.4 Å². The molecule has 2 aromatic carbocycles. The Morgan fingerprint density at radius 3 is 2.71 bits per heavy atom. The number of carbonyl (C=O) groups is 1. The third-order valence-electron chi connectivity index (χ3n) is 4.68. The first-order valence-corrected chi connectivity index (χ1v) is 9.21. The number of pyridine rings is 1. The number of ketones is 1. The van der Waals surface area contributed by atoms with Crippen molar-refractivity contribution in [2.75, 3.05) is 6.61 Å². The molecule has 140 valence electrons. The highest BCUT2D eigenvalue weighted by Gasteiger charge is 2.25. The minimum absolute atomic E-state index is 0.0324. The number of carbonyl (C=O) groups excluding carboxylic acids is 1. The van der Waals surface area contributed by atoms with Gasteiger partial charge in [-0.2, -0.15) is 0 Å². The van der Waals surface area contributed by atoms with Crippen LogP contribution in [0.25, 0.3) is 6.08 Å². The van der Waals surface area contributed by atoms with Gasteiger partial charge in [0.25, 0.3) is 0 Å². The fourth-order valence-electron chi connectivity index (χ4n) is 3.32. The van der Waals surface area contributed by atoms with Crippen LogP contribution in [-0.2, 0) is 6.61 Å². The minimum Gasteiger partial charge on any atom is -0.489 e. The van der Waals surface area contributed by atoms with E-state index in [1.54, 1.807) is 12.4 Å². The summed E-state index contributed by atoms with van der Waals surface area (Å²) in [6.45, 7) is 4.71. The number of rotatable bonds is 4. The van der Waals surface area contributed by atoms with Gasteiger partial charge in [-0.1, -0.05) is 24.3 Å². The molecule has 0 aliphatic carbocycles. The van der Waals surface area contributed by atoms with Gasteiger partial charge in [0.15, 0.2) is 5.78 Å². The fraction of sp³-hybridized carbons (Fsp3) is 0.167. The van der Waals surface area contributed by atoms with Gasteiger partial charge in [-0.3, -0.25) is 9.78 Å². The van der Waals surface area contributed by atoms with Gasteiger partial charge in [-0.15, -0.1) is 0 Å². The Hall–Kier alpha value is -3.40. The van der Waals surface area contributed by atoms with Crippen molar-refractivity contribution < 1.29 is 14.3 Å². The first-order valence-electron chi connectivity index (χ1n) is 9.21. The predicted octanol–water partition coefficient (Wildman–Crippen LogP) is 4.94. The smallest absolute Gasteiger partial charge is 0.196 e. The summed E-state index contributed by atoms with van der Waals surface area (Å²) < 4.78 is 11.6. The van der Waals surface area contributed by atoms with Crippen molar-refractivity contribution in [1.29, 1.82) is 0 Å². The molecule has 0 atom stereocenters. The average Bonchev–Trinajstić information content (AvgIpc) is 2.71. The number of Topliss-reactive ketones (excluding diaryl/α,β-unsaturated/α-hetero) is 1. The van der Waals surface area contributed by atoms with Crippen molar-refractivity contribution in [3.8, 4) is 11.5 Å². The van der Waals surface area contributed by atoms with Gasteiger partial charge in [0, 0.05) is 23.5 Å². The SMILES string of the molecule is Cc1cc(C)c2c(c1)C(=O)/C(=C\c1ccc(OCc3cccnc3)cc1)CO2. The second kappa shape index (κ2) is 7.69. The molecule has 2 heterocycles. The Balaban J connectivity index is 1.49. The average molecular weight is 371 g/mol. The lowest BCUT2D eigenvalue weighted by atomic mass is 9.95. The molecule has 0 amide bonds. The Bertz CT molecular complexity index is 1040. The van der Waals surface area contributed by atoms with E-state index in [1.165, 1.54) is 0 Å². The Labute approximate surface area is 164 Å². The largest absolute Gasteiger partial charge is 0.489 e. The van der Waals surface area contributed by atoms with E-state index in [9.17, 15) is 4.79 Å². The summed E-state index contributed by atoms with van der Waals surface area (Å²) in [6, 6.07) is 15.5. The van der Waals surface area contributed by atoms with Gasteiger partial charge >= 0.3 is 0 Å². The molecule has 4 heteroatoms. The van der Waals surface area contributed by atoms with Crippen molar-refractivity contribution >= 4 is 11.9 Å². The molecule has 0 radical (unpaired) electrons. The highest BCUT2D eigenvalue weighted by molar-refractivity contribution is 6.14. The van der Waals surface area contributed by atoms with E-state index in [0.717, 1.165) is 28.0 Å². The second-order valence-electron chi connectivity index (χ2n) is 6.96. The monoisotopic (exact) mass is 371 g/mol. The Morgan fingerprint density at radius 1 is 1.14 bits per heavy atom. The van der Waals surface area contributed by atoms with Crippen molar-refractivity contribution in [1.82, 2.24) is 4.98 Å². The van der Waals surface area contributed by atoms with Gasteiger partial charge < -0.3 is 9.47 Å². The number of benzene rings is 2. The number of aromatic nitrogens is 1. The lowest BCUT2D eigenvalue weighted by Gasteiger charge is -2.21. The van der Waals surface area contributed by atoms with Crippen molar-refractivity contribution in [2.24, 2.45) is 0 Å². The molecule has 0 spiro atoms. The van der Waals surface area contributed by atoms with Gasteiger partial charge in [-0.05, 0) is 60.9 Å². The maximum absolute atomic E-state index is 12.9. The third-order valence-corrected chi connectivity index (χ3v) is 4.68. The summed E-state index contributed by atoms with van der Waals surface area (Å²) in [6.07, 6.45) is 5.41. The first kappa shape index (κ1) is 18.0. The van der Waals surface area contributed by atoms with E-state index in [2.05, 4.69) is 4.98 Å². The maximum atomic E-state index is 12.9. The summed E-state index contributed by atoms with van der Waals surface area (Å²) in [5, 5.41) is 0. The molecule has 1 aliphatic heterocycles. The van der Waals surface area contributed by atoms with Gasteiger partial charge in [0.05, 0.1) is 5.56 Å². The zero-order valence-electron chi connectivity index (χ0n) is 15.9. The lowest BCUT2D eigenvalue weighted by Crippen LogP contribution is -2.20.